The maximum absolute atomic E-state index is 6.26. The Bertz CT molecular complexity index is 1460. The summed E-state index contributed by atoms with van der Waals surface area (Å²) in [6, 6.07) is 21.7. The third-order valence-electron chi connectivity index (χ3n) is 13.7. The Labute approximate surface area is 272 Å². The molecule has 3 unspecified atom stereocenters. The number of hydrogen-bond donors (Lipinski definition) is 0. The number of benzene rings is 2. The second kappa shape index (κ2) is 11.9. The van der Waals surface area contributed by atoms with Crippen LogP contribution in [0.5, 0.6) is 0 Å². The van der Waals surface area contributed by atoms with Gasteiger partial charge in [0.2, 0.25) is 0 Å². The zero-order valence-electron chi connectivity index (χ0n) is 27.9. The normalized spacial score (nSPS) is 33.3. The molecule has 234 valence electrons. The average molecular weight is 608 g/mol. The summed E-state index contributed by atoms with van der Waals surface area (Å²) in [6.45, 7) is 12.8. The summed E-state index contributed by atoms with van der Waals surface area (Å²) < 4.78 is 0. The van der Waals surface area contributed by atoms with E-state index in [9.17, 15) is 0 Å². The number of aromatic nitrogens is 1. The highest BCUT2D eigenvalue weighted by Crippen LogP contribution is 2.68. The minimum Gasteiger partial charge on any atom is -0.253 e. The van der Waals surface area contributed by atoms with Gasteiger partial charge in [-0.2, -0.15) is 0 Å². The molecule has 1 nitrogen and oxygen atoms in total. The lowest BCUT2D eigenvalue weighted by Crippen LogP contribution is -2.54. The molecule has 0 aliphatic heterocycles. The molecule has 4 aliphatic rings. The van der Waals surface area contributed by atoms with Crippen molar-refractivity contribution in [2.45, 2.75) is 105 Å². The van der Waals surface area contributed by atoms with Crippen LogP contribution in [-0.2, 0) is 12.8 Å². The molecular formula is C42H54ClN. The number of nitrogens with zero attached hydrogens (tertiary/aromatic N) is 1. The zero-order valence-corrected chi connectivity index (χ0v) is 28.7. The lowest BCUT2D eigenvalue weighted by Gasteiger charge is -2.61. The van der Waals surface area contributed by atoms with Crippen molar-refractivity contribution in [2.24, 2.45) is 52.3 Å². The Morgan fingerprint density at radius 1 is 0.818 bits per heavy atom. The van der Waals surface area contributed by atoms with Crippen molar-refractivity contribution >= 4 is 11.6 Å². The average Bonchev–Trinajstić information content (AvgIpc) is 3.37. The molecule has 1 heterocycles. The van der Waals surface area contributed by atoms with Crippen LogP contribution in [0.15, 0.2) is 60.7 Å². The molecular weight excluding hydrogens is 554 g/mol. The van der Waals surface area contributed by atoms with Gasteiger partial charge in [0, 0.05) is 16.3 Å². The van der Waals surface area contributed by atoms with Crippen LogP contribution < -0.4 is 0 Å². The second-order valence-electron chi connectivity index (χ2n) is 16.4. The van der Waals surface area contributed by atoms with Crippen molar-refractivity contribution in [3.63, 3.8) is 0 Å². The van der Waals surface area contributed by atoms with Gasteiger partial charge in [-0.1, -0.05) is 108 Å². The van der Waals surface area contributed by atoms with E-state index in [1.54, 1.807) is 0 Å². The maximum atomic E-state index is 6.26. The molecule has 7 rings (SSSR count). The number of rotatable bonds is 7. The fourth-order valence-corrected chi connectivity index (χ4v) is 11.5. The third kappa shape index (κ3) is 5.28. The van der Waals surface area contributed by atoms with E-state index in [1.807, 2.05) is 12.1 Å². The van der Waals surface area contributed by atoms with Gasteiger partial charge >= 0.3 is 0 Å². The van der Waals surface area contributed by atoms with E-state index < -0.39 is 0 Å². The Morgan fingerprint density at radius 2 is 1.57 bits per heavy atom. The van der Waals surface area contributed by atoms with E-state index in [1.165, 1.54) is 86.6 Å². The van der Waals surface area contributed by atoms with Gasteiger partial charge in [-0.3, -0.25) is 4.98 Å². The van der Waals surface area contributed by atoms with Gasteiger partial charge in [0.25, 0.3) is 0 Å². The largest absolute Gasteiger partial charge is 0.253 e. The Kier molecular flexibility index (Phi) is 8.26. The first-order valence-electron chi connectivity index (χ1n) is 18.0. The number of hydrogen-bond acceptors (Lipinski definition) is 1. The fraction of sp³-hybridized carbons (Fsp3) is 0.595. The minimum absolute atomic E-state index is 0.366. The zero-order chi connectivity index (χ0) is 30.6. The molecule has 3 fully saturated rings. The lowest BCUT2D eigenvalue weighted by atomic mass is 9.44. The Hall–Kier alpha value is -2.12. The van der Waals surface area contributed by atoms with Crippen molar-refractivity contribution in [2.75, 3.05) is 0 Å². The van der Waals surface area contributed by atoms with Gasteiger partial charge < -0.3 is 0 Å². The van der Waals surface area contributed by atoms with Crippen LogP contribution in [-0.4, -0.2) is 4.98 Å². The highest BCUT2D eigenvalue weighted by atomic mass is 35.5. The summed E-state index contributed by atoms with van der Waals surface area (Å²) in [4.78, 5) is 5.41. The van der Waals surface area contributed by atoms with Crippen molar-refractivity contribution < 1.29 is 0 Å². The topological polar surface area (TPSA) is 12.9 Å². The summed E-state index contributed by atoms with van der Waals surface area (Å²) in [6.07, 6.45) is 15.2. The Balaban J connectivity index is 1.19. The van der Waals surface area contributed by atoms with Crippen LogP contribution in [0.4, 0.5) is 0 Å². The molecule has 0 spiro atoms. The van der Waals surface area contributed by atoms with Crippen LogP contribution in [0.3, 0.4) is 0 Å². The predicted octanol–water partition coefficient (Wildman–Crippen LogP) is 12.1. The fourth-order valence-electron chi connectivity index (χ4n) is 11.4. The van der Waals surface area contributed by atoms with Gasteiger partial charge in [0.1, 0.15) is 0 Å². The summed E-state index contributed by atoms with van der Waals surface area (Å²) >= 11 is 6.26. The minimum atomic E-state index is 0.366. The molecule has 8 atom stereocenters. The first-order valence-corrected chi connectivity index (χ1v) is 18.4. The van der Waals surface area contributed by atoms with E-state index in [0.717, 1.165) is 64.1 Å². The van der Waals surface area contributed by atoms with E-state index in [2.05, 4.69) is 83.1 Å². The molecule has 2 aromatic carbocycles. The van der Waals surface area contributed by atoms with Crippen LogP contribution in [0.25, 0.3) is 22.4 Å². The maximum Gasteiger partial charge on any atom is 0.0711 e. The van der Waals surface area contributed by atoms with Gasteiger partial charge in [0.15, 0.2) is 0 Å². The van der Waals surface area contributed by atoms with Gasteiger partial charge in [-0.25, -0.2) is 0 Å². The smallest absolute Gasteiger partial charge is 0.0711 e. The van der Waals surface area contributed by atoms with Crippen molar-refractivity contribution in [1.29, 1.82) is 0 Å². The monoisotopic (exact) mass is 607 g/mol. The SMILES string of the molecule is CC(C)CCC[C@H](C)[C@H]1CCC2C3CC[C@H]4Cc5nc(-c6ccc(Cl)cc6)cc(-c6ccccc6)c5C[C@]4(C)C3CC[C@@]21C. The highest BCUT2D eigenvalue weighted by molar-refractivity contribution is 6.30. The molecule has 0 bridgehead atoms. The number of fused-ring (bicyclic) bond motifs is 6. The van der Waals surface area contributed by atoms with E-state index in [4.69, 9.17) is 16.6 Å². The molecule has 3 saturated carbocycles. The third-order valence-corrected chi connectivity index (χ3v) is 14.0. The first-order chi connectivity index (χ1) is 21.2. The molecule has 0 saturated heterocycles. The van der Waals surface area contributed by atoms with Crippen LogP contribution in [0.1, 0.15) is 104 Å². The van der Waals surface area contributed by atoms with E-state index in [0.29, 0.717) is 10.8 Å². The molecule has 2 heteroatoms. The summed E-state index contributed by atoms with van der Waals surface area (Å²) in [5.74, 6) is 6.07. The van der Waals surface area contributed by atoms with Gasteiger partial charge in [-0.05, 0) is 139 Å². The molecule has 0 N–H and O–H groups in total. The number of pyridine rings is 1. The van der Waals surface area contributed by atoms with Crippen molar-refractivity contribution in [1.82, 2.24) is 4.98 Å². The molecule has 0 radical (unpaired) electrons. The van der Waals surface area contributed by atoms with Gasteiger partial charge in [-0.15, -0.1) is 0 Å². The molecule has 3 aromatic rings. The molecule has 44 heavy (non-hydrogen) atoms. The van der Waals surface area contributed by atoms with Crippen LogP contribution >= 0.6 is 11.6 Å². The molecule has 0 amide bonds. The Morgan fingerprint density at radius 3 is 2.32 bits per heavy atom. The van der Waals surface area contributed by atoms with Crippen LogP contribution in [0.2, 0.25) is 5.02 Å². The van der Waals surface area contributed by atoms with Crippen molar-refractivity contribution in [3.8, 4) is 22.4 Å². The predicted molar refractivity (Wildman–Crippen MR) is 187 cm³/mol. The number of halogens is 1. The van der Waals surface area contributed by atoms with Gasteiger partial charge in [0.05, 0.1) is 5.69 Å². The standard InChI is InChI=1S/C42H54ClN/c1-27(2)10-9-11-28(3)36-20-21-37-33-19-16-31-24-40-35(26-42(31,5)38(33)22-23-41(36,37)4)34(29-12-7-6-8-13-29)25-39(44-40)30-14-17-32(43)18-15-30/h6-8,12-15,17-18,25,27-28,31,33,36-38H,9-11,16,19-24,26H2,1-5H3/t28-,31-,33?,36+,37?,38?,41+,42-/m0/s1. The quantitative estimate of drug-likeness (QED) is 0.260. The lowest BCUT2D eigenvalue weighted by molar-refractivity contribution is -0.103. The van der Waals surface area contributed by atoms with Crippen molar-refractivity contribution in [3.05, 3.63) is 76.9 Å². The second-order valence-corrected chi connectivity index (χ2v) is 16.9. The molecule has 1 aromatic heterocycles. The summed E-state index contributed by atoms with van der Waals surface area (Å²) in [5.41, 5.74) is 8.79. The highest BCUT2D eigenvalue weighted by Gasteiger charge is 2.60. The summed E-state index contributed by atoms with van der Waals surface area (Å²) in [7, 11) is 0. The van der Waals surface area contributed by atoms with Crippen LogP contribution in [0, 0.1) is 52.3 Å². The van der Waals surface area contributed by atoms with E-state index in [-0.39, 0.29) is 0 Å². The summed E-state index contributed by atoms with van der Waals surface area (Å²) in [5, 5.41) is 0.778. The van der Waals surface area contributed by atoms with E-state index >= 15 is 0 Å². The first kappa shape index (κ1) is 30.5. The molecule has 4 aliphatic carbocycles.